The minimum atomic E-state index is -0.0988. The number of hydrogen-bond donors (Lipinski definition) is 2. The first-order chi connectivity index (χ1) is 7.04. The number of halogens is 2. The zero-order valence-electron chi connectivity index (χ0n) is 8.26. The zero-order valence-corrected chi connectivity index (χ0v) is 12.0. The number of nitrogens with two attached hydrogens (primary N) is 1. The number of benzene rings is 1. The minimum Gasteiger partial charge on any atom is -0.348 e. The summed E-state index contributed by atoms with van der Waals surface area (Å²) in [5.41, 5.74) is 6.08. The van der Waals surface area contributed by atoms with E-state index in [-0.39, 0.29) is 11.9 Å². The molecular weight excluding hydrogens is 371 g/mol. The van der Waals surface area contributed by atoms with Gasteiger partial charge in [0.25, 0.3) is 5.91 Å². The Hall–Kier alpha value is -0.140. The summed E-state index contributed by atoms with van der Waals surface area (Å²) in [7, 11) is 0. The highest BCUT2D eigenvalue weighted by Gasteiger charge is 2.12. The third-order valence-corrected chi connectivity index (χ3v) is 3.27. The average molecular weight is 383 g/mol. The van der Waals surface area contributed by atoms with E-state index < -0.39 is 0 Å². The normalized spacial score (nSPS) is 12.3. The molecule has 0 saturated heterocycles. The molecule has 0 aliphatic rings. The molecule has 1 atom stereocenters. The lowest BCUT2D eigenvalue weighted by molar-refractivity contribution is 0.0940. The van der Waals surface area contributed by atoms with Crippen LogP contribution in [0.25, 0.3) is 0 Å². The fourth-order valence-electron chi connectivity index (χ4n) is 1.03. The van der Waals surface area contributed by atoms with E-state index in [9.17, 15) is 4.79 Å². The number of rotatable bonds is 3. The van der Waals surface area contributed by atoms with Gasteiger partial charge in [0.15, 0.2) is 0 Å². The Balaban J connectivity index is 2.86. The SMILES string of the molecule is CC(CN)NC(=O)c1cc(I)ccc1Br. The molecule has 5 heteroatoms. The molecule has 0 saturated carbocycles. The smallest absolute Gasteiger partial charge is 0.252 e. The number of hydrogen-bond acceptors (Lipinski definition) is 2. The number of carbonyl (C=O) groups excluding carboxylic acids is 1. The van der Waals surface area contributed by atoms with Gasteiger partial charge < -0.3 is 11.1 Å². The van der Waals surface area contributed by atoms with Crippen molar-refractivity contribution in [2.75, 3.05) is 6.54 Å². The molecule has 0 heterocycles. The fourth-order valence-corrected chi connectivity index (χ4v) is 1.95. The predicted octanol–water partition coefficient (Wildman–Crippen LogP) is 2.13. The maximum absolute atomic E-state index is 11.8. The summed E-state index contributed by atoms with van der Waals surface area (Å²) in [6, 6.07) is 5.63. The van der Waals surface area contributed by atoms with Gasteiger partial charge in [-0.2, -0.15) is 0 Å². The molecule has 82 valence electrons. The lowest BCUT2D eigenvalue weighted by Crippen LogP contribution is -2.37. The number of amides is 1. The molecule has 0 bridgehead atoms. The Labute approximate surface area is 111 Å². The molecule has 0 spiro atoms. The van der Waals surface area contributed by atoms with Gasteiger partial charge in [-0.25, -0.2) is 0 Å². The lowest BCUT2D eigenvalue weighted by Gasteiger charge is -2.12. The van der Waals surface area contributed by atoms with Gasteiger partial charge in [0, 0.05) is 20.6 Å². The van der Waals surface area contributed by atoms with Crippen LogP contribution in [0.4, 0.5) is 0 Å². The van der Waals surface area contributed by atoms with Crippen molar-refractivity contribution in [2.45, 2.75) is 13.0 Å². The molecule has 0 aliphatic carbocycles. The fraction of sp³-hybridized carbons (Fsp3) is 0.300. The first-order valence-corrected chi connectivity index (χ1v) is 6.37. The first-order valence-electron chi connectivity index (χ1n) is 4.50. The van der Waals surface area contributed by atoms with Crippen molar-refractivity contribution in [3.05, 3.63) is 31.8 Å². The van der Waals surface area contributed by atoms with Crippen molar-refractivity contribution in [3.63, 3.8) is 0 Å². The molecule has 1 unspecified atom stereocenters. The molecule has 0 radical (unpaired) electrons. The van der Waals surface area contributed by atoms with Crippen LogP contribution >= 0.6 is 38.5 Å². The molecule has 0 aliphatic heterocycles. The van der Waals surface area contributed by atoms with E-state index in [1.165, 1.54) is 0 Å². The summed E-state index contributed by atoms with van der Waals surface area (Å²) in [4.78, 5) is 11.8. The molecule has 3 nitrogen and oxygen atoms in total. The third-order valence-electron chi connectivity index (χ3n) is 1.90. The highest BCUT2D eigenvalue weighted by molar-refractivity contribution is 14.1. The van der Waals surface area contributed by atoms with Gasteiger partial charge in [-0.15, -0.1) is 0 Å². The van der Waals surface area contributed by atoms with Crippen molar-refractivity contribution >= 4 is 44.4 Å². The molecule has 3 N–H and O–H groups in total. The van der Waals surface area contributed by atoms with E-state index in [1.807, 2.05) is 25.1 Å². The van der Waals surface area contributed by atoms with Crippen LogP contribution in [-0.4, -0.2) is 18.5 Å². The minimum absolute atomic E-state index is 0.0118. The molecule has 1 amide bonds. The highest BCUT2D eigenvalue weighted by Crippen LogP contribution is 2.19. The van der Waals surface area contributed by atoms with Gasteiger partial charge in [0.1, 0.15) is 0 Å². The van der Waals surface area contributed by atoms with Crippen LogP contribution in [0.2, 0.25) is 0 Å². The van der Waals surface area contributed by atoms with E-state index in [0.717, 1.165) is 8.04 Å². The van der Waals surface area contributed by atoms with Gasteiger partial charge in [0.2, 0.25) is 0 Å². The van der Waals surface area contributed by atoms with Crippen LogP contribution in [0.3, 0.4) is 0 Å². The van der Waals surface area contributed by atoms with E-state index in [4.69, 9.17) is 5.73 Å². The molecule has 15 heavy (non-hydrogen) atoms. The van der Waals surface area contributed by atoms with E-state index >= 15 is 0 Å². The summed E-state index contributed by atoms with van der Waals surface area (Å²) < 4.78 is 1.82. The Morgan fingerprint density at radius 1 is 1.67 bits per heavy atom. The molecule has 1 aromatic carbocycles. The Morgan fingerprint density at radius 3 is 2.93 bits per heavy atom. The van der Waals surface area contributed by atoms with Crippen LogP contribution in [0.1, 0.15) is 17.3 Å². The second-order valence-electron chi connectivity index (χ2n) is 3.23. The molecule has 0 aromatic heterocycles. The summed E-state index contributed by atoms with van der Waals surface area (Å²) in [5.74, 6) is -0.0988. The van der Waals surface area contributed by atoms with Crippen molar-refractivity contribution < 1.29 is 4.79 Å². The van der Waals surface area contributed by atoms with Crippen molar-refractivity contribution in [1.82, 2.24) is 5.32 Å². The topological polar surface area (TPSA) is 55.1 Å². The maximum atomic E-state index is 11.8. The predicted molar refractivity (Wildman–Crippen MR) is 72.8 cm³/mol. The lowest BCUT2D eigenvalue weighted by atomic mass is 10.2. The number of nitrogens with one attached hydrogen (secondary N) is 1. The molecule has 1 rings (SSSR count). The maximum Gasteiger partial charge on any atom is 0.252 e. The molecule has 1 aromatic rings. The molecule has 0 fully saturated rings. The summed E-state index contributed by atoms with van der Waals surface area (Å²) in [6.07, 6.45) is 0. The monoisotopic (exact) mass is 382 g/mol. The highest BCUT2D eigenvalue weighted by atomic mass is 127. The Morgan fingerprint density at radius 2 is 2.33 bits per heavy atom. The Kier molecular flexibility index (Phi) is 5.01. The second kappa shape index (κ2) is 5.81. The average Bonchev–Trinajstić information content (AvgIpc) is 2.21. The van der Waals surface area contributed by atoms with Gasteiger partial charge in [-0.05, 0) is 63.6 Å². The summed E-state index contributed by atoms with van der Waals surface area (Å²) in [6.45, 7) is 2.31. The van der Waals surface area contributed by atoms with Gasteiger partial charge in [0.05, 0.1) is 5.56 Å². The van der Waals surface area contributed by atoms with Crippen LogP contribution in [0.5, 0.6) is 0 Å². The van der Waals surface area contributed by atoms with Gasteiger partial charge in [-0.1, -0.05) is 0 Å². The van der Waals surface area contributed by atoms with Gasteiger partial charge >= 0.3 is 0 Å². The van der Waals surface area contributed by atoms with Crippen molar-refractivity contribution in [1.29, 1.82) is 0 Å². The standard InChI is InChI=1S/C10H12BrIN2O/c1-6(5-13)14-10(15)8-4-7(12)2-3-9(8)11/h2-4,6H,5,13H2,1H3,(H,14,15). The van der Waals surface area contributed by atoms with Gasteiger partial charge in [-0.3, -0.25) is 4.79 Å². The number of carbonyl (C=O) groups is 1. The Bertz CT molecular complexity index is 370. The van der Waals surface area contributed by atoms with E-state index in [1.54, 1.807) is 0 Å². The van der Waals surface area contributed by atoms with Crippen LogP contribution in [0, 0.1) is 3.57 Å². The first kappa shape index (κ1) is 12.9. The van der Waals surface area contributed by atoms with Crippen LogP contribution < -0.4 is 11.1 Å². The van der Waals surface area contributed by atoms with Crippen molar-refractivity contribution in [3.8, 4) is 0 Å². The summed E-state index contributed by atoms with van der Waals surface area (Å²) >= 11 is 5.52. The van der Waals surface area contributed by atoms with E-state index in [0.29, 0.717) is 12.1 Å². The van der Waals surface area contributed by atoms with Crippen LogP contribution in [0.15, 0.2) is 22.7 Å². The second-order valence-corrected chi connectivity index (χ2v) is 5.33. The quantitative estimate of drug-likeness (QED) is 0.787. The van der Waals surface area contributed by atoms with Crippen LogP contribution in [-0.2, 0) is 0 Å². The largest absolute Gasteiger partial charge is 0.348 e. The molecular formula is C10H12BrIN2O. The van der Waals surface area contributed by atoms with E-state index in [2.05, 4.69) is 43.8 Å². The van der Waals surface area contributed by atoms with Crippen molar-refractivity contribution in [2.24, 2.45) is 5.73 Å². The third kappa shape index (κ3) is 3.73. The zero-order chi connectivity index (χ0) is 11.4. The summed E-state index contributed by atoms with van der Waals surface area (Å²) in [5, 5.41) is 2.82.